The van der Waals surface area contributed by atoms with E-state index < -0.39 is 7.12 Å². The van der Waals surface area contributed by atoms with E-state index in [1.54, 1.807) is 0 Å². The molecule has 1 amide bonds. The highest BCUT2D eigenvalue weighted by Crippen LogP contribution is 2.26. The van der Waals surface area contributed by atoms with E-state index in [0.29, 0.717) is 18.3 Å². The molecule has 1 aliphatic heterocycles. The normalized spacial score (nSPS) is 25.5. The summed E-state index contributed by atoms with van der Waals surface area (Å²) < 4.78 is 0. The standard InChI is InChI=1S/C11H18BNO3/c14-11(13-7-1-2-8-13)9-3-5-10(6-4-9)12(15)16/h5,9,15-16H,1-4,6-8H2/t9-/m1/s1. The van der Waals surface area contributed by atoms with Crippen molar-refractivity contribution in [2.75, 3.05) is 13.1 Å². The molecule has 0 aromatic rings. The van der Waals surface area contributed by atoms with Gasteiger partial charge in [-0.15, -0.1) is 0 Å². The summed E-state index contributed by atoms with van der Waals surface area (Å²) in [6.07, 6.45) is 6.08. The molecule has 0 aromatic heterocycles. The number of hydrogen-bond acceptors (Lipinski definition) is 3. The van der Waals surface area contributed by atoms with Crippen molar-refractivity contribution in [1.82, 2.24) is 4.90 Å². The van der Waals surface area contributed by atoms with Crippen molar-refractivity contribution in [1.29, 1.82) is 0 Å². The molecule has 2 rings (SSSR count). The van der Waals surface area contributed by atoms with E-state index in [4.69, 9.17) is 10.0 Å². The first-order chi connectivity index (χ1) is 7.68. The van der Waals surface area contributed by atoms with E-state index in [0.717, 1.165) is 32.4 Å². The zero-order valence-corrected chi connectivity index (χ0v) is 9.43. The Balaban J connectivity index is 1.90. The molecule has 0 bridgehead atoms. The van der Waals surface area contributed by atoms with Crippen molar-refractivity contribution < 1.29 is 14.8 Å². The second-order valence-electron chi connectivity index (χ2n) is 4.66. The average molecular weight is 223 g/mol. The number of allylic oxidation sites excluding steroid dienone is 2. The van der Waals surface area contributed by atoms with Crippen LogP contribution in [0.5, 0.6) is 0 Å². The van der Waals surface area contributed by atoms with Crippen LogP contribution in [-0.2, 0) is 4.79 Å². The predicted octanol–water partition coefficient (Wildman–Crippen LogP) is 0.347. The quantitative estimate of drug-likeness (QED) is 0.664. The van der Waals surface area contributed by atoms with Gasteiger partial charge in [0.1, 0.15) is 0 Å². The summed E-state index contributed by atoms with van der Waals surface area (Å²) in [5.41, 5.74) is 0.658. The average Bonchev–Trinajstić information content (AvgIpc) is 2.81. The Labute approximate surface area is 96.1 Å². The number of carbonyl (C=O) groups is 1. The van der Waals surface area contributed by atoms with E-state index in [-0.39, 0.29) is 11.8 Å². The van der Waals surface area contributed by atoms with Crippen LogP contribution in [0.2, 0.25) is 0 Å². The molecule has 5 heteroatoms. The zero-order valence-electron chi connectivity index (χ0n) is 9.43. The van der Waals surface area contributed by atoms with E-state index in [1.807, 2.05) is 11.0 Å². The van der Waals surface area contributed by atoms with Gasteiger partial charge in [0.15, 0.2) is 0 Å². The minimum Gasteiger partial charge on any atom is -0.423 e. The van der Waals surface area contributed by atoms with Crippen LogP contribution in [0.25, 0.3) is 0 Å². The Bertz CT molecular complexity index is 298. The number of likely N-dealkylation sites (tertiary alicyclic amines) is 1. The highest BCUT2D eigenvalue weighted by Gasteiger charge is 2.29. The monoisotopic (exact) mass is 223 g/mol. The predicted molar refractivity (Wildman–Crippen MR) is 61.4 cm³/mol. The summed E-state index contributed by atoms with van der Waals surface area (Å²) in [5, 5.41) is 18.0. The third-order valence-electron chi connectivity index (χ3n) is 3.54. The summed E-state index contributed by atoms with van der Waals surface area (Å²) >= 11 is 0. The molecule has 1 aliphatic carbocycles. The van der Waals surface area contributed by atoms with Crippen molar-refractivity contribution in [3.05, 3.63) is 11.5 Å². The molecule has 0 spiro atoms. The fraction of sp³-hybridized carbons (Fsp3) is 0.727. The molecule has 1 saturated heterocycles. The van der Waals surface area contributed by atoms with Gasteiger partial charge in [-0.05, 0) is 37.6 Å². The highest BCUT2D eigenvalue weighted by molar-refractivity contribution is 6.50. The van der Waals surface area contributed by atoms with Crippen molar-refractivity contribution in [3.63, 3.8) is 0 Å². The number of rotatable bonds is 2. The molecule has 16 heavy (non-hydrogen) atoms. The molecule has 88 valence electrons. The Morgan fingerprint density at radius 3 is 2.56 bits per heavy atom. The molecule has 1 atom stereocenters. The molecule has 1 fully saturated rings. The zero-order chi connectivity index (χ0) is 11.5. The van der Waals surface area contributed by atoms with Crippen LogP contribution in [0.15, 0.2) is 11.5 Å². The van der Waals surface area contributed by atoms with Crippen LogP contribution < -0.4 is 0 Å². The number of carbonyl (C=O) groups excluding carboxylic acids is 1. The number of amides is 1. The molecule has 2 N–H and O–H groups in total. The third-order valence-corrected chi connectivity index (χ3v) is 3.54. The van der Waals surface area contributed by atoms with E-state index >= 15 is 0 Å². The molecular formula is C11H18BNO3. The lowest BCUT2D eigenvalue weighted by Gasteiger charge is -2.25. The number of hydrogen-bond donors (Lipinski definition) is 2. The van der Waals surface area contributed by atoms with E-state index in [9.17, 15) is 4.79 Å². The van der Waals surface area contributed by atoms with Crippen LogP contribution in [0.1, 0.15) is 32.1 Å². The first kappa shape index (κ1) is 11.7. The Morgan fingerprint density at radius 2 is 2.06 bits per heavy atom. The van der Waals surface area contributed by atoms with Crippen molar-refractivity contribution in [3.8, 4) is 0 Å². The largest absolute Gasteiger partial charge is 0.483 e. The fourth-order valence-electron chi connectivity index (χ4n) is 2.51. The van der Waals surface area contributed by atoms with Crippen LogP contribution in [0.4, 0.5) is 0 Å². The summed E-state index contributed by atoms with van der Waals surface area (Å²) in [4.78, 5) is 14.0. The van der Waals surface area contributed by atoms with Gasteiger partial charge < -0.3 is 14.9 Å². The lowest BCUT2D eigenvalue weighted by atomic mass is 9.71. The molecule has 0 radical (unpaired) electrons. The lowest BCUT2D eigenvalue weighted by molar-refractivity contribution is -0.134. The van der Waals surface area contributed by atoms with Gasteiger partial charge in [0.2, 0.25) is 5.91 Å². The van der Waals surface area contributed by atoms with Gasteiger partial charge in [0.05, 0.1) is 0 Å². The minimum absolute atomic E-state index is 0.0561. The van der Waals surface area contributed by atoms with Gasteiger partial charge in [-0.25, -0.2) is 0 Å². The maximum atomic E-state index is 12.0. The van der Waals surface area contributed by atoms with Gasteiger partial charge in [0, 0.05) is 19.0 Å². The van der Waals surface area contributed by atoms with E-state index in [2.05, 4.69) is 0 Å². The smallest absolute Gasteiger partial charge is 0.423 e. The van der Waals surface area contributed by atoms with Crippen LogP contribution in [0.3, 0.4) is 0 Å². The summed E-state index contributed by atoms with van der Waals surface area (Å²) in [5.74, 6) is 0.306. The summed E-state index contributed by atoms with van der Waals surface area (Å²) in [7, 11) is -1.34. The van der Waals surface area contributed by atoms with Crippen LogP contribution in [-0.4, -0.2) is 41.1 Å². The molecular weight excluding hydrogens is 205 g/mol. The SMILES string of the molecule is O=C([C@@H]1CC=C(B(O)O)CC1)N1CCCC1. The molecule has 0 aromatic carbocycles. The molecule has 0 unspecified atom stereocenters. The van der Waals surface area contributed by atoms with Gasteiger partial charge >= 0.3 is 7.12 Å². The van der Waals surface area contributed by atoms with Gasteiger partial charge in [0.25, 0.3) is 0 Å². The van der Waals surface area contributed by atoms with Crippen molar-refractivity contribution in [2.45, 2.75) is 32.1 Å². The first-order valence-electron chi connectivity index (χ1n) is 6.02. The fourth-order valence-corrected chi connectivity index (χ4v) is 2.51. The maximum Gasteiger partial charge on any atom is 0.483 e. The third kappa shape index (κ3) is 2.47. The van der Waals surface area contributed by atoms with Crippen molar-refractivity contribution >= 4 is 13.0 Å². The highest BCUT2D eigenvalue weighted by atomic mass is 16.4. The van der Waals surface area contributed by atoms with Gasteiger partial charge in [-0.2, -0.15) is 0 Å². The minimum atomic E-state index is -1.34. The van der Waals surface area contributed by atoms with Crippen LogP contribution in [0, 0.1) is 5.92 Å². The first-order valence-corrected chi connectivity index (χ1v) is 6.02. The Kier molecular flexibility index (Phi) is 3.66. The summed E-state index contributed by atoms with van der Waals surface area (Å²) in [6.45, 7) is 1.79. The van der Waals surface area contributed by atoms with E-state index in [1.165, 1.54) is 0 Å². The molecule has 0 saturated carbocycles. The van der Waals surface area contributed by atoms with Gasteiger partial charge in [-0.3, -0.25) is 4.79 Å². The molecule has 1 heterocycles. The van der Waals surface area contributed by atoms with Crippen molar-refractivity contribution in [2.24, 2.45) is 5.92 Å². The van der Waals surface area contributed by atoms with Crippen LogP contribution >= 0.6 is 0 Å². The topological polar surface area (TPSA) is 60.8 Å². The Hall–Kier alpha value is -0.805. The number of nitrogens with zero attached hydrogens (tertiary/aromatic N) is 1. The maximum absolute atomic E-state index is 12.0. The second-order valence-corrected chi connectivity index (χ2v) is 4.66. The summed E-state index contributed by atoms with van der Waals surface area (Å²) in [6, 6.07) is 0. The molecule has 2 aliphatic rings. The Morgan fingerprint density at radius 1 is 1.38 bits per heavy atom. The lowest BCUT2D eigenvalue weighted by Crippen LogP contribution is -2.35. The second kappa shape index (κ2) is 5.02. The van der Waals surface area contributed by atoms with Gasteiger partial charge in [-0.1, -0.05) is 6.08 Å². The molecule has 4 nitrogen and oxygen atoms in total.